The van der Waals surface area contributed by atoms with E-state index in [1.54, 1.807) is 29.2 Å². The number of piperazine rings is 1. The van der Waals surface area contributed by atoms with Crippen molar-refractivity contribution in [1.82, 2.24) is 18.8 Å². The van der Waals surface area contributed by atoms with Gasteiger partial charge in [0.05, 0.1) is 11.4 Å². The summed E-state index contributed by atoms with van der Waals surface area (Å²) < 4.78 is 28.2. The minimum absolute atomic E-state index is 0.0873. The van der Waals surface area contributed by atoms with Crippen molar-refractivity contribution in [3.63, 3.8) is 0 Å². The van der Waals surface area contributed by atoms with Gasteiger partial charge in [0.25, 0.3) is 5.56 Å². The molecule has 1 fully saturated rings. The van der Waals surface area contributed by atoms with Crippen LogP contribution < -0.4 is 17.0 Å². The number of benzene rings is 1. The summed E-state index contributed by atoms with van der Waals surface area (Å²) in [5.74, 6) is -0.639. The number of hydrogen-bond acceptors (Lipinski definition) is 7. The van der Waals surface area contributed by atoms with Crippen LogP contribution in [0.15, 0.2) is 38.8 Å². The maximum absolute atomic E-state index is 12.8. The molecule has 3 N–H and O–H groups in total. The lowest BCUT2D eigenvalue weighted by atomic mass is 10.1. The van der Waals surface area contributed by atoms with E-state index < -0.39 is 27.1 Å². The van der Waals surface area contributed by atoms with Crippen molar-refractivity contribution in [3.05, 3.63) is 56.2 Å². The number of Topliss-reactive ketones (excluding diaryl/α,β-unsaturated/α-hetero) is 1. The van der Waals surface area contributed by atoms with Crippen molar-refractivity contribution in [3.8, 4) is 0 Å². The maximum Gasteiger partial charge on any atom is 0.329 e. The van der Waals surface area contributed by atoms with E-state index in [0.717, 1.165) is 5.56 Å². The molecule has 0 saturated carbocycles. The first-order chi connectivity index (χ1) is 14.6. The maximum atomic E-state index is 12.8. The van der Waals surface area contributed by atoms with E-state index in [0.29, 0.717) is 19.5 Å². The molecule has 2 heterocycles. The van der Waals surface area contributed by atoms with Gasteiger partial charge in [0, 0.05) is 32.7 Å². The number of hydrogen-bond donors (Lipinski definition) is 2. The van der Waals surface area contributed by atoms with Crippen LogP contribution in [0.3, 0.4) is 0 Å². The van der Waals surface area contributed by atoms with Crippen LogP contribution >= 0.6 is 0 Å². The van der Waals surface area contributed by atoms with Crippen LogP contribution in [0.25, 0.3) is 0 Å². The third-order valence-electron chi connectivity index (χ3n) is 5.32. The first-order valence-corrected chi connectivity index (χ1v) is 11.5. The van der Waals surface area contributed by atoms with Crippen molar-refractivity contribution in [2.75, 3.05) is 38.5 Å². The molecule has 0 aliphatic carbocycles. The molecule has 1 aromatic carbocycles. The Morgan fingerprint density at radius 2 is 1.71 bits per heavy atom. The second kappa shape index (κ2) is 9.16. The van der Waals surface area contributed by atoms with Crippen LogP contribution in [0.4, 0.5) is 5.82 Å². The third kappa shape index (κ3) is 4.78. The van der Waals surface area contributed by atoms with E-state index in [4.69, 9.17) is 5.73 Å². The van der Waals surface area contributed by atoms with Gasteiger partial charge in [-0.05, 0) is 25.5 Å². The van der Waals surface area contributed by atoms with E-state index in [1.807, 2.05) is 13.8 Å². The van der Waals surface area contributed by atoms with Crippen molar-refractivity contribution in [2.45, 2.75) is 31.7 Å². The Bertz CT molecular complexity index is 1180. The Labute approximate surface area is 180 Å². The van der Waals surface area contributed by atoms with Crippen molar-refractivity contribution >= 4 is 21.6 Å². The van der Waals surface area contributed by atoms with Crippen LogP contribution in [0.1, 0.15) is 29.3 Å². The molecular formula is C20H27N5O5S. The van der Waals surface area contributed by atoms with E-state index in [-0.39, 0.29) is 42.5 Å². The van der Waals surface area contributed by atoms with Crippen LogP contribution in [0.5, 0.6) is 0 Å². The van der Waals surface area contributed by atoms with Gasteiger partial charge in [-0.2, -0.15) is 4.31 Å². The van der Waals surface area contributed by atoms with Gasteiger partial charge < -0.3 is 5.73 Å². The molecule has 1 aromatic heterocycles. The molecule has 168 valence electrons. The zero-order chi connectivity index (χ0) is 22.8. The third-order valence-corrected chi connectivity index (χ3v) is 7.24. The average molecular weight is 450 g/mol. The summed E-state index contributed by atoms with van der Waals surface area (Å²) in [5, 5.41) is 0. The smallest absolute Gasteiger partial charge is 0.329 e. The Hall–Kier alpha value is -2.76. The fraction of sp³-hybridized carbons (Fsp3) is 0.450. The minimum Gasteiger partial charge on any atom is -0.384 e. The van der Waals surface area contributed by atoms with Crippen molar-refractivity contribution in [1.29, 1.82) is 0 Å². The van der Waals surface area contributed by atoms with Gasteiger partial charge >= 0.3 is 5.69 Å². The molecule has 0 unspecified atom stereocenters. The molecule has 0 radical (unpaired) electrons. The normalized spacial score (nSPS) is 15.8. The monoisotopic (exact) mass is 449 g/mol. The van der Waals surface area contributed by atoms with Crippen LogP contribution in [-0.4, -0.2) is 65.7 Å². The molecule has 1 aliphatic heterocycles. The van der Waals surface area contributed by atoms with Crippen LogP contribution in [0, 0.1) is 6.92 Å². The SMILES string of the molecule is CCCn1c(N)c(C(=O)CN2CCN(S(=O)(=O)c3ccc(C)cc3)CC2)c(=O)[nH]c1=O. The zero-order valence-electron chi connectivity index (χ0n) is 17.6. The van der Waals surface area contributed by atoms with E-state index in [1.165, 1.54) is 8.87 Å². The number of nitrogen functional groups attached to an aromatic ring is 1. The summed E-state index contributed by atoms with van der Waals surface area (Å²) in [6.45, 7) is 5.07. The molecule has 11 heteroatoms. The lowest BCUT2D eigenvalue weighted by Gasteiger charge is -2.33. The highest BCUT2D eigenvalue weighted by atomic mass is 32.2. The average Bonchev–Trinajstić information content (AvgIpc) is 2.71. The van der Waals surface area contributed by atoms with Gasteiger partial charge in [0.15, 0.2) is 5.78 Å². The second-order valence-electron chi connectivity index (χ2n) is 7.59. The molecule has 10 nitrogen and oxygen atoms in total. The Morgan fingerprint density at radius 1 is 1.10 bits per heavy atom. The quantitative estimate of drug-likeness (QED) is 0.569. The number of nitrogens with zero attached hydrogens (tertiary/aromatic N) is 3. The van der Waals surface area contributed by atoms with Crippen molar-refractivity contribution < 1.29 is 13.2 Å². The number of sulfonamides is 1. The highest BCUT2D eigenvalue weighted by Crippen LogP contribution is 2.18. The lowest BCUT2D eigenvalue weighted by molar-refractivity contribution is 0.0900. The van der Waals surface area contributed by atoms with E-state index in [2.05, 4.69) is 4.98 Å². The summed E-state index contributed by atoms with van der Waals surface area (Å²) >= 11 is 0. The molecule has 2 aromatic rings. The molecule has 1 saturated heterocycles. The number of ketones is 1. The van der Waals surface area contributed by atoms with Gasteiger partial charge in [-0.1, -0.05) is 24.6 Å². The number of aromatic nitrogens is 2. The summed E-state index contributed by atoms with van der Waals surface area (Å²) in [5.41, 5.74) is 5.24. The first-order valence-electron chi connectivity index (χ1n) is 10.1. The fourth-order valence-corrected chi connectivity index (χ4v) is 4.99. The number of aromatic amines is 1. The summed E-state index contributed by atoms with van der Waals surface area (Å²) in [4.78, 5) is 41.0. The molecule has 1 aliphatic rings. The largest absolute Gasteiger partial charge is 0.384 e. The van der Waals surface area contributed by atoms with Crippen LogP contribution in [-0.2, 0) is 16.6 Å². The molecular weight excluding hydrogens is 422 g/mol. The highest BCUT2D eigenvalue weighted by molar-refractivity contribution is 7.89. The lowest BCUT2D eigenvalue weighted by Crippen LogP contribution is -2.50. The topological polar surface area (TPSA) is 139 Å². The number of H-pyrrole nitrogens is 1. The van der Waals surface area contributed by atoms with Crippen molar-refractivity contribution in [2.24, 2.45) is 0 Å². The predicted molar refractivity (Wildman–Crippen MR) is 117 cm³/mol. The first kappa shape index (κ1) is 22.9. The molecule has 0 spiro atoms. The fourth-order valence-electron chi connectivity index (χ4n) is 3.57. The van der Waals surface area contributed by atoms with Gasteiger partial charge in [0.2, 0.25) is 10.0 Å². The Kier molecular flexibility index (Phi) is 6.77. The van der Waals surface area contributed by atoms with Gasteiger partial charge in [-0.15, -0.1) is 0 Å². The molecule has 0 atom stereocenters. The highest BCUT2D eigenvalue weighted by Gasteiger charge is 2.30. The predicted octanol–water partition coefficient (Wildman–Crippen LogP) is 0.0264. The molecule has 31 heavy (non-hydrogen) atoms. The number of anilines is 1. The molecule has 0 bridgehead atoms. The van der Waals surface area contributed by atoms with Crippen LogP contribution in [0.2, 0.25) is 0 Å². The zero-order valence-corrected chi connectivity index (χ0v) is 18.4. The number of nitrogens with two attached hydrogens (primary N) is 1. The number of carbonyl (C=O) groups is 1. The number of aryl methyl sites for hydroxylation is 1. The van der Waals surface area contributed by atoms with E-state index >= 15 is 0 Å². The van der Waals surface area contributed by atoms with Gasteiger partial charge in [-0.25, -0.2) is 13.2 Å². The number of nitrogens with one attached hydrogen (secondary N) is 1. The summed E-state index contributed by atoms with van der Waals surface area (Å²) in [6, 6.07) is 6.67. The summed E-state index contributed by atoms with van der Waals surface area (Å²) in [7, 11) is -3.60. The number of carbonyl (C=O) groups excluding carboxylic acids is 1. The van der Waals surface area contributed by atoms with E-state index in [9.17, 15) is 22.8 Å². The molecule has 3 rings (SSSR count). The second-order valence-corrected chi connectivity index (χ2v) is 9.53. The van der Waals surface area contributed by atoms with Gasteiger partial charge in [-0.3, -0.25) is 24.0 Å². The standard InChI is InChI=1S/C20H27N5O5S/c1-3-8-25-18(21)17(19(27)22-20(25)28)16(26)13-23-9-11-24(12-10-23)31(29,30)15-6-4-14(2)5-7-15/h4-7H,3,8-13,21H2,1-2H3,(H,22,27,28). The minimum atomic E-state index is -3.60. The Balaban J connectivity index is 1.70. The number of rotatable bonds is 7. The Morgan fingerprint density at radius 3 is 2.29 bits per heavy atom. The molecule has 0 amide bonds. The summed E-state index contributed by atoms with van der Waals surface area (Å²) in [6.07, 6.45) is 0.612. The van der Waals surface area contributed by atoms with Gasteiger partial charge in [0.1, 0.15) is 11.4 Å².